The van der Waals surface area contributed by atoms with Crippen molar-refractivity contribution in [2.45, 2.75) is 6.92 Å². The van der Waals surface area contributed by atoms with E-state index in [1.165, 1.54) is 23.8 Å². The van der Waals surface area contributed by atoms with Crippen LogP contribution in [0.4, 0.5) is 11.4 Å². The lowest BCUT2D eigenvalue weighted by atomic mass is 9.99. The molecule has 0 amide bonds. The number of benzene rings is 3. The molecular weight excluding hydrogens is 496 g/mol. The van der Waals surface area contributed by atoms with Crippen molar-refractivity contribution in [1.82, 2.24) is 0 Å². The second kappa shape index (κ2) is 7.00. The fourth-order valence-electron chi connectivity index (χ4n) is 2.45. The number of anilines is 2. The van der Waals surface area contributed by atoms with E-state index in [0.29, 0.717) is 0 Å². The molecule has 0 aliphatic heterocycles. The van der Waals surface area contributed by atoms with Crippen molar-refractivity contribution in [1.29, 1.82) is 0 Å². The van der Waals surface area contributed by atoms with Gasteiger partial charge in [-0.2, -0.15) is 0 Å². The predicted octanol–water partition coefficient (Wildman–Crippen LogP) is 6.61. The Morgan fingerprint density at radius 1 is 0.727 bits per heavy atom. The van der Waals surface area contributed by atoms with Gasteiger partial charge in [-0.1, -0.05) is 42.5 Å². The van der Waals surface area contributed by atoms with Crippen molar-refractivity contribution in [3.8, 4) is 11.1 Å². The van der Waals surface area contributed by atoms with Gasteiger partial charge in [-0.3, -0.25) is 0 Å². The minimum absolute atomic E-state index is 1.10. The molecule has 22 heavy (non-hydrogen) atoms. The fourth-order valence-corrected chi connectivity index (χ4v) is 3.50. The number of halogens is 2. The predicted molar refractivity (Wildman–Crippen MR) is 112 cm³/mol. The van der Waals surface area contributed by atoms with Crippen molar-refractivity contribution in [3.05, 3.63) is 79.4 Å². The highest BCUT2D eigenvalue weighted by Crippen LogP contribution is 2.35. The van der Waals surface area contributed by atoms with Gasteiger partial charge in [0.25, 0.3) is 0 Å². The van der Waals surface area contributed by atoms with Crippen molar-refractivity contribution in [3.63, 3.8) is 0 Å². The Hall–Kier alpha value is -1.08. The van der Waals surface area contributed by atoms with Crippen LogP contribution in [0.3, 0.4) is 0 Å². The van der Waals surface area contributed by atoms with Crippen LogP contribution in [0.2, 0.25) is 0 Å². The lowest BCUT2D eigenvalue weighted by Crippen LogP contribution is -1.96. The van der Waals surface area contributed by atoms with Gasteiger partial charge in [-0.25, -0.2) is 0 Å². The molecular formula is C19H15I2N. The first kappa shape index (κ1) is 15.8. The van der Waals surface area contributed by atoms with E-state index >= 15 is 0 Å². The smallest absolute Gasteiger partial charge is 0.0464 e. The van der Waals surface area contributed by atoms with E-state index in [-0.39, 0.29) is 0 Å². The highest BCUT2D eigenvalue weighted by atomic mass is 127. The molecule has 0 aromatic heterocycles. The molecule has 0 bridgehead atoms. The molecule has 1 N–H and O–H groups in total. The number of hydrogen-bond donors (Lipinski definition) is 1. The molecule has 0 fully saturated rings. The zero-order valence-corrected chi connectivity index (χ0v) is 16.4. The van der Waals surface area contributed by atoms with E-state index in [1.807, 2.05) is 18.2 Å². The van der Waals surface area contributed by atoms with E-state index in [4.69, 9.17) is 0 Å². The standard InChI is InChI=1S/C19H15I2N/c1-13-15(11-12-17(20)19(13)21)16-9-5-6-10-18(16)22-14-7-3-2-4-8-14/h2-12,22H,1H3. The molecule has 3 aromatic rings. The summed E-state index contributed by atoms with van der Waals surface area (Å²) in [5.74, 6) is 0. The molecule has 1 nitrogen and oxygen atoms in total. The maximum atomic E-state index is 3.53. The monoisotopic (exact) mass is 511 g/mol. The van der Waals surface area contributed by atoms with Gasteiger partial charge in [-0.05, 0) is 87.5 Å². The van der Waals surface area contributed by atoms with Gasteiger partial charge in [0.2, 0.25) is 0 Å². The van der Waals surface area contributed by atoms with Crippen molar-refractivity contribution < 1.29 is 0 Å². The molecule has 0 heterocycles. The van der Waals surface area contributed by atoms with Crippen molar-refractivity contribution in [2.75, 3.05) is 5.32 Å². The van der Waals surface area contributed by atoms with Crippen molar-refractivity contribution in [2.24, 2.45) is 0 Å². The van der Waals surface area contributed by atoms with Gasteiger partial charge in [0.05, 0.1) is 0 Å². The number of hydrogen-bond acceptors (Lipinski definition) is 1. The van der Waals surface area contributed by atoms with Crippen LogP contribution in [0.1, 0.15) is 5.56 Å². The maximum absolute atomic E-state index is 3.53. The molecule has 0 saturated carbocycles. The summed E-state index contributed by atoms with van der Waals surface area (Å²) in [7, 11) is 0. The third-order valence-electron chi connectivity index (χ3n) is 3.61. The molecule has 0 aliphatic rings. The van der Waals surface area contributed by atoms with E-state index in [0.717, 1.165) is 11.4 Å². The Morgan fingerprint density at radius 2 is 1.41 bits per heavy atom. The molecule has 0 unspecified atom stereocenters. The highest BCUT2D eigenvalue weighted by Gasteiger charge is 2.11. The molecule has 3 rings (SSSR count). The Kier molecular flexibility index (Phi) is 5.03. The average molecular weight is 511 g/mol. The van der Waals surface area contributed by atoms with Crippen LogP contribution in [0, 0.1) is 14.1 Å². The van der Waals surface area contributed by atoms with Gasteiger partial charge in [0.15, 0.2) is 0 Å². The third kappa shape index (κ3) is 3.30. The summed E-state index contributed by atoms with van der Waals surface area (Å²) < 4.78 is 2.62. The summed E-state index contributed by atoms with van der Waals surface area (Å²) >= 11 is 4.82. The van der Waals surface area contributed by atoms with Crippen LogP contribution in [0.15, 0.2) is 66.7 Å². The normalized spacial score (nSPS) is 10.5. The summed E-state index contributed by atoms with van der Waals surface area (Å²) in [6.45, 7) is 2.19. The lowest BCUT2D eigenvalue weighted by Gasteiger charge is -2.15. The molecule has 110 valence electrons. The summed E-state index contributed by atoms with van der Waals surface area (Å²) in [6.07, 6.45) is 0. The zero-order chi connectivity index (χ0) is 15.5. The Balaban J connectivity index is 2.07. The summed E-state index contributed by atoms with van der Waals surface area (Å²) in [5.41, 5.74) is 6.08. The first-order valence-electron chi connectivity index (χ1n) is 7.03. The molecule has 0 radical (unpaired) electrons. The van der Waals surface area contributed by atoms with Crippen LogP contribution in [0.25, 0.3) is 11.1 Å². The Bertz CT molecular complexity index is 798. The van der Waals surface area contributed by atoms with Gasteiger partial charge in [0.1, 0.15) is 0 Å². The first-order chi connectivity index (χ1) is 10.7. The zero-order valence-electron chi connectivity index (χ0n) is 12.1. The van der Waals surface area contributed by atoms with E-state index in [2.05, 4.69) is 106 Å². The number of rotatable bonds is 3. The Labute approximate surface area is 158 Å². The summed E-state index contributed by atoms with van der Waals surface area (Å²) in [5, 5.41) is 3.53. The largest absolute Gasteiger partial charge is 0.355 e. The second-order valence-electron chi connectivity index (χ2n) is 5.07. The molecule has 0 atom stereocenters. The molecule has 3 aromatic carbocycles. The molecule has 0 saturated heterocycles. The average Bonchev–Trinajstić information content (AvgIpc) is 2.55. The SMILES string of the molecule is Cc1c(-c2ccccc2Nc2ccccc2)ccc(I)c1I. The maximum Gasteiger partial charge on any atom is 0.0464 e. The van der Waals surface area contributed by atoms with Crippen LogP contribution in [-0.4, -0.2) is 0 Å². The van der Waals surface area contributed by atoms with Crippen LogP contribution >= 0.6 is 45.2 Å². The van der Waals surface area contributed by atoms with Gasteiger partial charge < -0.3 is 5.32 Å². The third-order valence-corrected chi connectivity index (χ3v) is 6.93. The minimum Gasteiger partial charge on any atom is -0.355 e. The molecule has 0 aliphatic carbocycles. The number of nitrogens with one attached hydrogen (secondary N) is 1. The molecule has 0 spiro atoms. The first-order valence-corrected chi connectivity index (χ1v) is 9.18. The quantitative estimate of drug-likeness (QED) is 0.391. The van der Waals surface area contributed by atoms with Crippen LogP contribution in [-0.2, 0) is 0 Å². The second-order valence-corrected chi connectivity index (χ2v) is 7.31. The lowest BCUT2D eigenvalue weighted by molar-refractivity contribution is 1.39. The summed E-state index contributed by atoms with van der Waals surface area (Å²) in [6, 6.07) is 23.2. The Morgan fingerprint density at radius 3 is 2.18 bits per heavy atom. The topological polar surface area (TPSA) is 12.0 Å². The summed E-state index contributed by atoms with van der Waals surface area (Å²) in [4.78, 5) is 0. The molecule has 3 heteroatoms. The van der Waals surface area contributed by atoms with Gasteiger partial charge in [-0.15, -0.1) is 0 Å². The highest BCUT2D eigenvalue weighted by molar-refractivity contribution is 14.1. The van der Waals surface area contributed by atoms with Gasteiger partial charge in [0, 0.05) is 24.1 Å². The van der Waals surface area contributed by atoms with Crippen LogP contribution in [0.5, 0.6) is 0 Å². The van der Waals surface area contributed by atoms with E-state index in [9.17, 15) is 0 Å². The van der Waals surface area contributed by atoms with E-state index < -0.39 is 0 Å². The van der Waals surface area contributed by atoms with Crippen molar-refractivity contribution >= 4 is 56.6 Å². The van der Waals surface area contributed by atoms with Gasteiger partial charge >= 0.3 is 0 Å². The number of para-hydroxylation sites is 2. The van der Waals surface area contributed by atoms with E-state index in [1.54, 1.807) is 0 Å². The fraction of sp³-hybridized carbons (Fsp3) is 0.0526. The van der Waals surface area contributed by atoms with Crippen LogP contribution < -0.4 is 5.32 Å². The minimum atomic E-state index is 1.10.